The molecule has 0 bridgehead atoms. The molecule has 168 valence electrons. The maximum Gasteiger partial charge on any atom is 0.243 e. The first-order chi connectivity index (χ1) is 14.8. The maximum absolute atomic E-state index is 13.2. The predicted molar refractivity (Wildman–Crippen MR) is 128 cm³/mol. The Morgan fingerprint density at radius 3 is 2.29 bits per heavy atom. The van der Waals surface area contributed by atoms with Crippen molar-refractivity contribution in [1.29, 1.82) is 0 Å². The van der Waals surface area contributed by atoms with Crippen LogP contribution in [0.2, 0.25) is 5.02 Å². The van der Waals surface area contributed by atoms with Crippen LogP contribution in [-0.4, -0.2) is 41.7 Å². The zero-order valence-corrected chi connectivity index (χ0v) is 20.1. The zero-order chi connectivity index (χ0) is 22.8. The Labute approximate surface area is 194 Å². The quantitative estimate of drug-likeness (QED) is 0.468. The molecule has 1 atom stereocenters. The summed E-state index contributed by atoms with van der Waals surface area (Å²) < 4.78 is 5.22. The first-order valence-corrected chi connectivity index (χ1v) is 11.8. The largest absolute Gasteiger partial charge is 0.497 e. The lowest BCUT2D eigenvalue weighted by Crippen LogP contribution is -2.50. The second-order valence-corrected chi connectivity index (χ2v) is 9.11. The van der Waals surface area contributed by atoms with Crippen molar-refractivity contribution >= 4 is 35.2 Å². The molecule has 0 aliphatic carbocycles. The average molecular weight is 463 g/mol. The Hall–Kier alpha value is -2.18. The number of rotatable bonds is 11. The number of nitrogens with zero attached hydrogens (tertiary/aromatic N) is 1. The van der Waals surface area contributed by atoms with Crippen LogP contribution >= 0.6 is 23.4 Å². The molecule has 0 fully saturated rings. The average Bonchev–Trinajstić information content (AvgIpc) is 2.74. The van der Waals surface area contributed by atoms with E-state index < -0.39 is 6.04 Å². The Bertz CT molecular complexity index is 841. The van der Waals surface area contributed by atoms with Gasteiger partial charge in [0.05, 0.1) is 7.11 Å². The van der Waals surface area contributed by atoms with Crippen LogP contribution < -0.4 is 10.1 Å². The summed E-state index contributed by atoms with van der Waals surface area (Å²) in [5, 5.41) is 3.64. The highest BCUT2D eigenvalue weighted by Gasteiger charge is 2.28. The summed E-state index contributed by atoms with van der Waals surface area (Å²) >= 11 is 7.54. The zero-order valence-electron chi connectivity index (χ0n) is 18.6. The van der Waals surface area contributed by atoms with Crippen molar-refractivity contribution in [2.24, 2.45) is 0 Å². The van der Waals surface area contributed by atoms with Gasteiger partial charge >= 0.3 is 0 Å². The van der Waals surface area contributed by atoms with Crippen LogP contribution in [-0.2, 0) is 16.1 Å². The minimum absolute atomic E-state index is 0.0138. The standard InChI is InChI=1S/C24H31ClN2O3S/c1-5-22(24(29)26-17(2)3)27(16-18-6-10-20(30-4)11-7-18)23(28)14-15-31-21-12-8-19(25)9-13-21/h6-13,17,22H,5,14-16H2,1-4H3,(H,26,29)/t22-/m0/s1. The molecule has 0 spiro atoms. The molecule has 31 heavy (non-hydrogen) atoms. The van der Waals surface area contributed by atoms with E-state index in [1.54, 1.807) is 23.8 Å². The van der Waals surface area contributed by atoms with E-state index >= 15 is 0 Å². The summed E-state index contributed by atoms with van der Waals surface area (Å²) in [4.78, 5) is 28.8. The molecule has 0 saturated heterocycles. The van der Waals surface area contributed by atoms with Crippen molar-refractivity contribution in [3.63, 3.8) is 0 Å². The number of thioether (sulfide) groups is 1. The lowest BCUT2D eigenvalue weighted by molar-refractivity contribution is -0.141. The first kappa shape index (κ1) is 25.1. The minimum atomic E-state index is -0.516. The third kappa shape index (κ3) is 8.11. The van der Waals surface area contributed by atoms with Gasteiger partial charge in [0, 0.05) is 34.7 Å². The number of carbonyl (C=O) groups excluding carboxylic acids is 2. The number of hydrogen-bond acceptors (Lipinski definition) is 4. The van der Waals surface area contributed by atoms with E-state index in [-0.39, 0.29) is 17.9 Å². The highest BCUT2D eigenvalue weighted by Crippen LogP contribution is 2.22. The van der Waals surface area contributed by atoms with E-state index in [1.807, 2.05) is 69.3 Å². The Balaban J connectivity index is 2.12. The van der Waals surface area contributed by atoms with Gasteiger partial charge in [-0.1, -0.05) is 30.7 Å². The summed E-state index contributed by atoms with van der Waals surface area (Å²) in [6.45, 7) is 6.14. The van der Waals surface area contributed by atoms with E-state index in [0.717, 1.165) is 16.2 Å². The van der Waals surface area contributed by atoms with Gasteiger partial charge in [-0.25, -0.2) is 0 Å². The second-order valence-electron chi connectivity index (χ2n) is 7.51. The molecular weight excluding hydrogens is 432 g/mol. The highest BCUT2D eigenvalue weighted by atomic mass is 35.5. The molecule has 0 unspecified atom stereocenters. The molecule has 5 nitrogen and oxygen atoms in total. The van der Waals surface area contributed by atoms with Crippen molar-refractivity contribution in [3.8, 4) is 5.75 Å². The topological polar surface area (TPSA) is 58.6 Å². The van der Waals surface area contributed by atoms with Crippen LogP contribution in [0.25, 0.3) is 0 Å². The second kappa shape index (κ2) is 12.6. The monoisotopic (exact) mass is 462 g/mol. The van der Waals surface area contributed by atoms with E-state index in [0.29, 0.717) is 30.2 Å². The molecule has 0 heterocycles. The van der Waals surface area contributed by atoms with Gasteiger partial charge < -0.3 is 15.0 Å². The van der Waals surface area contributed by atoms with Gasteiger partial charge in [-0.15, -0.1) is 11.8 Å². The van der Waals surface area contributed by atoms with Crippen LogP contribution in [0, 0.1) is 0 Å². The summed E-state index contributed by atoms with van der Waals surface area (Å²) in [6, 6.07) is 14.6. The number of ether oxygens (including phenoxy) is 1. The number of hydrogen-bond donors (Lipinski definition) is 1. The fourth-order valence-corrected chi connectivity index (χ4v) is 4.13. The van der Waals surface area contributed by atoms with Crippen LogP contribution in [0.4, 0.5) is 0 Å². The fraction of sp³-hybridized carbons (Fsp3) is 0.417. The van der Waals surface area contributed by atoms with E-state index in [9.17, 15) is 9.59 Å². The summed E-state index contributed by atoms with van der Waals surface area (Å²) in [5.74, 6) is 1.22. The smallest absolute Gasteiger partial charge is 0.243 e. The van der Waals surface area contributed by atoms with Crippen molar-refractivity contribution in [2.45, 2.75) is 57.1 Å². The van der Waals surface area contributed by atoms with Gasteiger partial charge in [0.2, 0.25) is 11.8 Å². The highest BCUT2D eigenvalue weighted by molar-refractivity contribution is 7.99. The number of carbonyl (C=O) groups is 2. The number of methoxy groups -OCH3 is 1. The van der Waals surface area contributed by atoms with E-state index in [4.69, 9.17) is 16.3 Å². The van der Waals surface area contributed by atoms with Gasteiger partial charge in [-0.05, 0) is 62.2 Å². The van der Waals surface area contributed by atoms with Gasteiger partial charge in [0.25, 0.3) is 0 Å². The number of amides is 2. The first-order valence-electron chi connectivity index (χ1n) is 10.4. The number of benzene rings is 2. The molecule has 2 aromatic rings. The third-order valence-corrected chi connectivity index (χ3v) is 5.99. The molecule has 0 aromatic heterocycles. The fourth-order valence-electron chi connectivity index (χ4n) is 3.16. The van der Waals surface area contributed by atoms with E-state index in [2.05, 4.69) is 5.32 Å². The summed E-state index contributed by atoms with van der Waals surface area (Å²) in [7, 11) is 1.62. The number of nitrogens with one attached hydrogen (secondary N) is 1. The predicted octanol–water partition coefficient (Wildman–Crippen LogP) is 5.16. The Morgan fingerprint density at radius 2 is 1.74 bits per heavy atom. The van der Waals surface area contributed by atoms with Gasteiger partial charge in [0.15, 0.2) is 0 Å². The summed E-state index contributed by atoms with van der Waals surface area (Å²) in [6.07, 6.45) is 0.889. The third-order valence-electron chi connectivity index (χ3n) is 4.73. The molecule has 0 aliphatic heterocycles. The van der Waals surface area contributed by atoms with Crippen LogP contribution in [0.3, 0.4) is 0 Å². The van der Waals surface area contributed by atoms with Crippen LogP contribution in [0.5, 0.6) is 5.75 Å². The SMILES string of the molecule is CC[C@@H](C(=O)NC(C)C)N(Cc1ccc(OC)cc1)C(=O)CCSc1ccc(Cl)cc1. The molecule has 0 aliphatic rings. The maximum atomic E-state index is 13.2. The van der Waals surface area contributed by atoms with Crippen LogP contribution in [0.1, 0.15) is 39.2 Å². The van der Waals surface area contributed by atoms with Crippen molar-refractivity contribution in [1.82, 2.24) is 10.2 Å². The number of halogens is 1. The lowest BCUT2D eigenvalue weighted by atomic mass is 10.1. The van der Waals surface area contributed by atoms with Gasteiger partial charge in [0.1, 0.15) is 11.8 Å². The van der Waals surface area contributed by atoms with E-state index in [1.165, 1.54) is 0 Å². The molecule has 2 rings (SSSR count). The van der Waals surface area contributed by atoms with Crippen LogP contribution in [0.15, 0.2) is 53.4 Å². The summed E-state index contributed by atoms with van der Waals surface area (Å²) in [5.41, 5.74) is 0.954. The van der Waals surface area contributed by atoms with Crippen molar-refractivity contribution in [2.75, 3.05) is 12.9 Å². The molecule has 2 amide bonds. The van der Waals surface area contributed by atoms with Gasteiger partial charge in [-0.2, -0.15) is 0 Å². The molecule has 1 N–H and O–H groups in total. The molecule has 0 radical (unpaired) electrons. The minimum Gasteiger partial charge on any atom is -0.497 e. The lowest BCUT2D eigenvalue weighted by Gasteiger charge is -2.31. The Kier molecular flexibility index (Phi) is 10.2. The molecule has 0 saturated carbocycles. The van der Waals surface area contributed by atoms with Crippen molar-refractivity contribution < 1.29 is 14.3 Å². The Morgan fingerprint density at radius 1 is 1.10 bits per heavy atom. The normalized spacial score (nSPS) is 11.8. The van der Waals surface area contributed by atoms with Gasteiger partial charge in [-0.3, -0.25) is 9.59 Å². The molecular formula is C24H31ClN2O3S. The molecule has 2 aromatic carbocycles. The van der Waals surface area contributed by atoms with Crippen molar-refractivity contribution in [3.05, 3.63) is 59.1 Å². The molecule has 7 heteroatoms.